The van der Waals surface area contributed by atoms with Gasteiger partial charge in [0.15, 0.2) is 5.82 Å². The van der Waals surface area contributed by atoms with Gasteiger partial charge in [-0.1, -0.05) is 0 Å². The fraction of sp³-hybridized carbons (Fsp3) is 0.500. The summed E-state index contributed by atoms with van der Waals surface area (Å²) in [5, 5.41) is 16.7. The average molecular weight is 190 g/mol. The average Bonchev–Trinajstić information content (AvgIpc) is 2.19. The summed E-state index contributed by atoms with van der Waals surface area (Å²) >= 11 is 0. The summed E-state index contributed by atoms with van der Waals surface area (Å²) in [7, 11) is 0. The van der Waals surface area contributed by atoms with Gasteiger partial charge in [0.05, 0.1) is 11.8 Å². The first-order chi connectivity index (χ1) is 6.70. The lowest BCUT2D eigenvalue weighted by Crippen LogP contribution is -2.32. The first kappa shape index (κ1) is 10.5. The Bertz CT molecular complexity index is 340. The first-order valence-electron chi connectivity index (χ1n) is 4.69. The molecule has 0 N–H and O–H groups in total. The van der Waals surface area contributed by atoms with Crippen molar-refractivity contribution in [2.75, 3.05) is 11.4 Å². The molecule has 0 saturated heterocycles. The second kappa shape index (κ2) is 4.56. The van der Waals surface area contributed by atoms with Crippen molar-refractivity contribution in [2.45, 2.75) is 26.8 Å². The highest BCUT2D eigenvalue weighted by Crippen LogP contribution is 2.16. The van der Waals surface area contributed by atoms with Crippen LogP contribution in [0, 0.1) is 11.3 Å². The summed E-state index contributed by atoms with van der Waals surface area (Å²) < 4.78 is 0. The maximum Gasteiger partial charge on any atom is 0.169 e. The van der Waals surface area contributed by atoms with Crippen LogP contribution < -0.4 is 4.90 Å². The molecule has 0 atom stereocenters. The molecular formula is C10H14N4. The lowest BCUT2D eigenvalue weighted by Gasteiger charge is -2.26. The molecule has 1 aromatic rings. The van der Waals surface area contributed by atoms with Gasteiger partial charge in [-0.25, -0.2) is 0 Å². The van der Waals surface area contributed by atoms with Crippen LogP contribution in [0.15, 0.2) is 12.3 Å². The second-order valence-electron chi connectivity index (χ2n) is 3.26. The zero-order valence-electron chi connectivity index (χ0n) is 8.73. The van der Waals surface area contributed by atoms with E-state index in [9.17, 15) is 0 Å². The van der Waals surface area contributed by atoms with Crippen molar-refractivity contribution >= 4 is 5.82 Å². The molecule has 1 rings (SSSR count). The molecule has 74 valence electrons. The molecular weight excluding hydrogens is 176 g/mol. The van der Waals surface area contributed by atoms with E-state index in [-0.39, 0.29) is 0 Å². The van der Waals surface area contributed by atoms with E-state index < -0.39 is 0 Å². The molecule has 4 nitrogen and oxygen atoms in total. The van der Waals surface area contributed by atoms with Crippen LogP contribution in [0.25, 0.3) is 0 Å². The number of aromatic nitrogens is 2. The SMILES string of the molecule is CCN(c1nnccc1C#N)C(C)C. The van der Waals surface area contributed by atoms with E-state index in [1.54, 1.807) is 6.07 Å². The zero-order valence-corrected chi connectivity index (χ0v) is 8.73. The lowest BCUT2D eigenvalue weighted by atomic mass is 10.2. The fourth-order valence-electron chi connectivity index (χ4n) is 1.38. The van der Waals surface area contributed by atoms with Gasteiger partial charge >= 0.3 is 0 Å². The van der Waals surface area contributed by atoms with Crippen LogP contribution in [0.3, 0.4) is 0 Å². The van der Waals surface area contributed by atoms with Gasteiger partial charge in [-0.3, -0.25) is 0 Å². The monoisotopic (exact) mass is 190 g/mol. The van der Waals surface area contributed by atoms with E-state index in [0.29, 0.717) is 17.4 Å². The molecule has 0 aromatic carbocycles. The Morgan fingerprint density at radius 2 is 2.29 bits per heavy atom. The van der Waals surface area contributed by atoms with E-state index in [4.69, 9.17) is 5.26 Å². The Hall–Kier alpha value is -1.63. The van der Waals surface area contributed by atoms with Crippen molar-refractivity contribution in [1.82, 2.24) is 10.2 Å². The molecule has 4 heteroatoms. The maximum absolute atomic E-state index is 8.90. The van der Waals surface area contributed by atoms with Gasteiger partial charge in [0, 0.05) is 12.6 Å². The quantitative estimate of drug-likeness (QED) is 0.726. The van der Waals surface area contributed by atoms with Gasteiger partial charge < -0.3 is 4.90 Å². The predicted molar refractivity (Wildman–Crippen MR) is 54.9 cm³/mol. The minimum Gasteiger partial charge on any atom is -0.352 e. The highest BCUT2D eigenvalue weighted by atomic mass is 15.3. The molecule has 0 aliphatic heterocycles. The molecule has 14 heavy (non-hydrogen) atoms. The number of rotatable bonds is 3. The molecule has 0 fully saturated rings. The Balaban J connectivity index is 3.10. The van der Waals surface area contributed by atoms with Gasteiger partial charge in [-0.15, -0.1) is 5.10 Å². The Morgan fingerprint density at radius 1 is 1.57 bits per heavy atom. The lowest BCUT2D eigenvalue weighted by molar-refractivity contribution is 0.685. The summed E-state index contributed by atoms with van der Waals surface area (Å²) in [6.07, 6.45) is 1.54. The van der Waals surface area contributed by atoms with Crippen molar-refractivity contribution in [2.24, 2.45) is 0 Å². The van der Waals surface area contributed by atoms with Crippen LogP contribution in [-0.4, -0.2) is 22.8 Å². The molecule has 0 saturated carbocycles. The van der Waals surface area contributed by atoms with Crippen molar-refractivity contribution in [3.05, 3.63) is 17.8 Å². The van der Waals surface area contributed by atoms with Gasteiger partial charge in [-0.05, 0) is 26.8 Å². The van der Waals surface area contributed by atoms with Crippen LogP contribution in [0.1, 0.15) is 26.3 Å². The predicted octanol–water partition coefficient (Wildman–Crippen LogP) is 1.58. The van der Waals surface area contributed by atoms with E-state index in [0.717, 1.165) is 6.54 Å². The molecule has 0 aliphatic rings. The highest BCUT2D eigenvalue weighted by Gasteiger charge is 2.13. The summed E-state index contributed by atoms with van der Waals surface area (Å²) in [6, 6.07) is 4.13. The minimum atomic E-state index is 0.323. The summed E-state index contributed by atoms with van der Waals surface area (Å²) in [5.74, 6) is 0.674. The molecule has 1 heterocycles. The topological polar surface area (TPSA) is 52.8 Å². The second-order valence-corrected chi connectivity index (χ2v) is 3.26. The van der Waals surface area contributed by atoms with Gasteiger partial charge in [0.1, 0.15) is 6.07 Å². The van der Waals surface area contributed by atoms with Gasteiger partial charge in [0.25, 0.3) is 0 Å². The minimum absolute atomic E-state index is 0.323. The molecule has 0 bridgehead atoms. The van der Waals surface area contributed by atoms with Crippen molar-refractivity contribution in [1.29, 1.82) is 5.26 Å². The molecule has 0 radical (unpaired) electrons. The first-order valence-corrected chi connectivity index (χ1v) is 4.69. The van der Waals surface area contributed by atoms with E-state index >= 15 is 0 Å². The molecule has 1 aromatic heterocycles. The van der Waals surface area contributed by atoms with E-state index in [2.05, 4.69) is 30.1 Å². The third-order valence-corrected chi connectivity index (χ3v) is 2.06. The Labute approximate surface area is 84.2 Å². The van der Waals surface area contributed by atoms with Crippen molar-refractivity contribution in [3.63, 3.8) is 0 Å². The summed E-state index contributed by atoms with van der Waals surface area (Å²) in [6.45, 7) is 7.00. The maximum atomic E-state index is 8.90. The summed E-state index contributed by atoms with van der Waals surface area (Å²) in [4.78, 5) is 2.05. The van der Waals surface area contributed by atoms with Gasteiger partial charge in [0.2, 0.25) is 0 Å². The van der Waals surface area contributed by atoms with Crippen molar-refractivity contribution < 1.29 is 0 Å². The van der Waals surface area contributed by atoms with Crippen LogP contribution in [0.5, 0.6) is 0 Å². The molecule has 0 amide bonds. The largest absolute Gasteiger partial charge is 0.352 e. The number of anilines is 1. The third-order valence-electron chi connectivity index (χ3n) is 2.06. The smallest absolute Gasteiger partial charge is 0.169 e. The Kier molecular flexibility index (Phi) is 3.41. The van der Waals surface area contributed by atoms with Crippen LogP contribution in [0.4, 0.5) is 5.82 Å². The molecule has 0 unspecified atom stereocenters. The third kappa shape index (κ3) is 1.99. The Morgan fingerprint density at radius 3 is 2.79 bits per heavy atom. The van der Waals surface area contributed by atoms with E-state index in [1.165, 1.54) is 6.20 Å². The number of hydrogen-bond acceptors (Lipinski definition) is 4. The van der Waals surface area contributed by atoms with Crippen LogP contribution >= 0.6 is 0 Å². The fourth-order valence-corrected chi connectivity index (χ4v) is 1.38. The van der Waals surface area contributed by atoms with Crippen LogP contribution in [0.2, 0.25) is 0 Å². The number of nitrogens with zero attached hydrogens (tertiary/aromatic N) is 4. The van der Waals surface area contributed by atoms with Crippen LogP contribution in [-0.2, 0) is 0 Å². The normalized spacial score (nSPS) is 9.93. The number of nitriles is 1. The molecule has 0 spiro atoms. The number of hydrogen-bond donors (Lipinski definition) is 0. The summed E-state index contributed by atoms with van der Waals surface area (Å²) in [5.41, 5.74) is 0.579. The highest BCUT2D eigenvalue weighted by molar-refractivity contribution is 5.52. The van der Waals surface area contributed by atoms with Crippen molar-refractivity contribution in [3.8, 4) is 6.07 Å². The standard InChI is InChI=1S/C10H14N4/c1-4-14(8(2)3)10-9(7-11)5-6-12-13-10/h5-6,8H,4H2,1-3H3. The van der Waals surface area contributed by atoms with E-state index in [1.807, 2.05) is 11.8 Å². The zero-order chi connectivity index (χ0) is 10.6. The molecule has 0 aliphatic carbocycles. The van der Waals surface area contributed by atoms with Gasteiger partial charge in [-0.2, -0.15) is 10.4 Å².